The number of aromatic nitrogens is 2. The van der Waals surface area contributed by atoms with Gasteiger partial charge in [-0.05, 0) is 36.4 Å². The number of halogens is 1. The lowest BCUT2D eigenvalue weighted by Crippen LogP contribution is -2.13. The first kappa shape index (κ1) is 15.6. The molecule has 0 aliphatic carbocycles. The summed E-state index contributed by atoms with van der Waals surface area (Å²) in [6, 6.07) is 16.4. The minimum Gasteiger partial charge on any atom is -0.411 e. The highest BCUT2D eigenvalue weighted by Gasteiger charge is 2.11. The fourth-order valence-corrected chi connectivity index (χ4v) is 2.51. The predicted octanol–water partition coefficient (Wildman–Crippen LogP) is 4.12. The van der Waals surface area contributed by atoms with Gasteiger partial charge in [-0.2, -0.15) is 0 Å². The van der Waals surface area contributed by atoms with Gasteiger partial charge in [0.05, 0.1) is 5.75 Å². The molecule has 7 heteroatoms. The first-order chi connectivity index (χ1) is 11.2. The van der Waals surface area contributed by atoms with Gasteiger partial charge in [0.15, 0.2) is 0 Å². The van der Waals surface area contributed by atoms with E-state index in [1.807, 2.05) is 30.3 Å². The number of hydrogen-bond donors (Lipinski definition) is 1. The number of nitrogens with one attached hydrogen (secondary N) is 1. The van der Waals surface area contributed by atoms with Crippen LogP contribution >= 0.6 is 23.4 Å². The number of nitrogens with zero attached hydrogens (tertiary/aromatic N) is 2. The van der Waals surface area contributed by atoms with Crippen molar-refractivity contribution in [3.05, 3.63) is 59.6 Å². The third-order valence-electron chi connectivity index (χ3n) is 2.88. The summed E-state index contributed by atoms with van der Waals surface area (Å²) in [4.78, 5) is 11.9. The molecule has 2 aromatic carbocycles. The summed E-state index contributed by atoms with van der Waals surface area (Å²) in [5, 5.41) is 11.7. The van der Waals surface area contributed by atoms with Gasteiger partial charge in [-0.15, -0.1) is 10.2 Å². The molecule has 0 radical (unpaired) electrons. The van der Waals surface area contributed by atoms with Crippen molar-refractivity contribution < 1.29 is 9.21 Å². The van der Waals surface area contributed by atoms with Gasteiger partial charge >= 0.3 is 0 Å². The van der Waals surface area contributed by atoms with Crippen LogP contribution < -0.4 is 5.32 Å². The quantitative estimate of drug-likeness (QED) is 0.704. The maximum atomic E-state index is 11.9. The third-order valence-corrected chi connectivity index (χ3v) is 3.95. The molecule has 1 aromatic heterocycles. The molecule has 3 aromatic rings. The number of hydrogen-bond acceptors (Lipinski definition) is 5. The number of thioether (sulfide) groups is 1. The average molecular weight is 346 g/mol. The van der Waals surface area contributed by atoms with Crippen LogP contribution in [0.5, 0.6) is 0 Å². The van der Waals surface area contributed by atoms with Crippen molar-refractivity contribution >= 4 is 35.0 Å². The largest absolute Gasteiger partial charge is 0.411 e. The molecule has 0 saturated carbocycles. The van der Waals surface area contributed by atoms with Crippen LogP contribution in [0.25, 0.3) is 11.5 Å². The van der Waals surface area contributed by atoms with E-state index in [4.69, 9.17) is 16.0 Å². The van der Waals surface area contributed by atoms with Gasteiger partial charge < -0.3 is 9.73 Å². The minimum atomic E-state index is -0.132. The monoisotopic (exact) mass is 345 g/mol. The molecule has 0 aliphatic rings. The van der Waals surface area contributed by atoms with Crippen LogP contribution in [0.2, 0.25) is 5.02 Å². The molecule has 0 fully saturated rings. The Morgan fingerprint density at radius 2 is 1.83 bits per heavy atom. The first-order valence-electron chi connectivity index (χ1n) is 6.78. The molecule has 1 heterocycles. The Hall–Kier alpha value is -2.31. The van der Waals surface area contributed by atoms with E-state index in [2.05, 4.69) is 15.5 Å². The highest BCUT2D eigenvalue weighted by atomic mass is 35.5. The Morgan fingerprint density at radius 3 is 2.57 bits per heavy atom. The van der Waals surface area contributed by atoms with Gasteiger partial charge in [0.25, 0.3) is 5.22 Å². The topological polar surface area (TPSA) is 68.0 Å². The maximum Gasteiger partial charge on any atom is 0.277 e. The predicted molar refractivity (Wildman–Crippen MR) is 90.5 cm³/mol. The van der Waals surface area contributed by atoms with Gasteiger partial charge in [-0.25, -0.2) is 0 Å². The number of benzene rings is 2. The molecule has 1 amide bonds. The van der Waals surface area contributed by atoms with E-state index in [1.54, 1.807) is 24.3 Å². The number of carbonyl (C=O) groups is 1. The van der Waals surface area contributed by atoms with Crippen molar-refractivity contribution in [3.63, 3.8) is 0 Å². The van der Waals surface area contributed by atoms with Crippen molar-refractivity contribution in [2.24, 2.45) is 0 Å². The third kappa shape index (κ3) is 4.34. The van der Waals surface area contributed by atoms with Crippen LogP contribution in [0, 0.1) is 0 Å². The van der Waals surface area contributed by atoms with Crippen LogP contribution in [0.4, 0.5) is 5.69 Å². The van der Waals surface area contributed by atoms with Gasteiger partial charge in [-0.1, -0.05) is 41.6 Å². The Labute approximate surface area is 142 Å². The molecule has 23 heavy (non-hydrogen) atoms. The number of anilines is 1. The van der Waals surface area contributed by atoms with E-state index in [0.29, 0.717) is 16.1 Å². The van der Waals surface area contributed by atoms with Crippen molar-refractivity contribution in [1.29, 1.82) is 0 Å². The van der Waals surface area contributed by atoms with Gasteiger partial charge in [0, 0.05) is 16.3 Å². The van der Waals surface area contributed by atoms with Crippen LogP contribution in [0.1, 0.15) is 0 Å². The highest BCUT2D eigenvalue weighted by Crippen LogP contribution is 2.24. The lowest BCUT2D eigenvalue weighted by Gasteiger charge is -2.02. The molecule has 0 atom stereocenters. The van der Waals surface area contributed by atoms with E-state index in [1.165, 1.54) is 11.8 Å². The first-order valence-corrected chi connectivity index (χ1v) is 8.14. The molecule has 0 aliphatic heterocycles. The standard InChI is InChI=1S/C16H12ClN3O2S/c17-12-8-6-11(7-9-12)15-19-20-16(22-15)23-10-14(21)18-13-4-2-1-3-5-13/h1-9H,10H2,(H,18,21). The molecule has 0 unspecified atom stereocenters. The van der Waals surface area contributed by atoms with Gasteiger partial charge in [-0.3, -0.25) is 4.79 Å². The fraction of sp³-hybridized carbons (Fsp3) is 0.0625. The van der Waals surface area contributed by atoms with Gasteiger partial charge in [0.2, 0.25) is 11.8 Å². The minimum absolute atomic E-state index is 0.132. The summed E-state index contributed by atoms with van der Waals surface area (Å²) >= 11 is 7.03. The summed E-state index contributed by atoms with van der Waals surface area (Å²) in [7, 11) is 0. The van der Waals surface area contributed by atoms with Crippen LogP contribution in [0.15, 0.2) is 64.2 Å². The second-order valence-electron chi connectivity index (χ2n) is 4.58. The zero-order valence-corrected chi connectivity index (χ0v) is 13.5. The summed E-state index contributed by atoms with van der Waals surface area (Å²) < 4.78 is 5.53. The van der Waals surface area contributed by atoms with Crippen LogP contribution in [-0.2, 0) is 4.79 Å². The fourth-order valence-electron chi connectivity index (χ4n) is 1.82. The van der Waals surface area contributed by atoms with Gasteiger partial charge in [0.1, 0.15) is 0 Å². The van der Waals surface area contributed by atoms with E-state index in [9.17, 15) is 4.79 Å². The number of rotatable bonds is 5. The SMILES string of the molecule is O=C(CSc1nnc(-c2ccc(Cl)cc2)o1)Nc1ccccc1. The van der Waals surface area contributed by atoms with Crippen molar-refractivity contribution in [1.82, 2.24) is 10.2 Å². The molecule has 116 valence electrons. The van der Waals surface area contributed by atoms with E-state index in [-0.39, 0.29) is 11.7 Å². The number of carbonyl (C=O) groups excluding carboxylic acids is 1. The van der Waals surface area contributed by atoms with E-state index >= 15 is 0 Å². The normalized spacial score (nSPS) is 10.5. The van der Waals surface area contributed by atoms with E-state index < -0.39 is 0 Å². The molecule has 0 saturated heterocycles. The maximum absolute atomic E-state index is 11.9. The Morgan fingerprint density at radius 1 is 1.09 bits per heavy atom. The van der Waals surface area contributed by atoms with Crippen molar-refractivity contribution in [2.45, 2.75) is 5.22 Å². The molecule has 1 N–H and O–H groups in total. The lowest BCUT2D eigenvalue weighted by atomic mass is 10.2. The lowest BCUT2D eigenvalue weighted by molar-refractivity contribution is -0.113. The second-order valence-corrected chi connectivity index (χ2v) is 5.95. The molecular weight excluding hydrogens is 334 g/mol. The molecular formula is C16H12ClN3O2S. The van der Waals surface area contributed by atoms with E-state index in [0.717, 1.165) is 11.3 Å². The highest BCUT2D eigenvalue weighted by molar-refractivity contribution is 7.99. The number of para-hydroxylation sites is 1. The Bertz CT molecular complexity index is 791. The zero-order valence-electron chi connectivity index (χ0n) is 11.9. The van der Waals surface area contributed by atoms with Crippen molar-refractivity contribution in [3.8, 4) is 11.5 Å². The summed E-state index contributed by atoms with van der Waals surface area (Å²) in [5.74, 6) is 0.456. The molecule has 0 bridgehead atoms. The summed E-state index contributed by atoms with van der Waals surface area (Å²) in [5.41, 5.74) is 1.54. The summed E-state index contributed by atoms with van der Waals surface area (Å²) in [6.45, 7) is 0. The zero-order chi connectivity index (χ0) is 16.1. The molecule has 3 rings (SSSR count). The van der Waals surface area contributed by atoms with Crippen LogP contribution in [-0.4, -0.2) is 21.9 Å². The molecule has 0 spiro atoms. The molecule has 5 nitrogen and oxygen atoms in total. The second kappa shape index (κ2) is 7.30. The number of amides is 1. The average Bonchev–Trinajstić information content (AvgIpc) is 3.04. The summed E-state index contributed by atoms with van der Waals surface area (Å²) in [6.07, 6.45) is 0. The van der Waals surface area contributed by atoms with Crippen molar-refractivity contribution in [2.75, 3.05) is 11.1 Å². The Kier molecular flexibility index (Phi) is 4.95. The Balaban J connectivity index is 1.57. The van der Waals surface area contributed by atoms with Crippen LogP contribution in [0.3, 0.4) is 0 Å². The smallest absolute Gasteiger partial charge is 0.277 e.